The van der Waals surface area contributed by atoms with Gasteiger partial charge in [0, 0.05) is 12.4 Å². The summed E-state index contributed by atoms with van der Waals surface area (Å²) in [5, 5.41) is 0. The standard InChI is InChI=1S/C3H5N3.2ClH/c4-3-5-1-2-6-3;;/h1-2H,(H3,4,5,6);2*1H. The third kappa shape index (κ3) is 2.71. The molecule has 1 aromatic rings. The van der Waals surface area contributed by atoms with Crippen molar-refractivity contribution in [2.45, 2.75) is 0 Å². The van der Waals surface area contributed by atoms with E-state index in [0.29, 0.717) is 5.95 Å². The highest BCUT2D eigenvalue weighted by atomic mass is 35.5. The zero-order chi connectivity index (χ0) is 4.41. The summed E-state index contributed by atoms with van der Waals surface area (Å²) in [5.74, 6) is 0.468. The number of nitrogens with two attached hydrogens (primary N) is 1. The molecule has 8 heavy (non-hydrogen) atoms. The number of nitrogens with zero attached hydrogens (tertiary/aromatic N) is 1. The van der Waals surface area contributed by atoms with Gasteiger partial charge in [0.1, 0.15) is 0 Å². The lowest BCUT2D eigenvalue weighted by atomic mass is 11.0. The number of H-pyrrole nitrogens is 1. The minimum Gasteiger partial charge on any atom is -0.369 e. The number of halogens is 2. The fraction of sp³-hybridized carbons (Fsp3) is 0. The predicted molar refractivity (Wildman–Crippen MR) is 37.5 cm³/mol. The molecule has 0 amide bonds. The van der Waals surface area contributed by atoms with Gasteiger partial charge < -0.3 is 10.7 Å². The molecule has 1 heterocycles. The first-order chi connectivity index (χ1) is 2.89. The molecular weight excluding hydrogens is 149 g/mol. The molecule has 0 atom stereocenters. The first-order valence-corrected chi connectivity index (χ1v) is 1.64. The summed E-state index contributed by atoms with van der Waals surface area (Å²) in [7, 11) is 0. The molecule has 0 aliphatic carbocycles. The van der Waals surface area contributed by atoms with Crippen LogP contribution in [0.2, 0.25) is 0 Å². The highest BCUT2D eigenvalue weighted by Gasteiger charge is 1.74. The SMILES string of the molecule is Cl.Cl.Nc1ncc[nH]1. The van der Waals surface area contributed by atoms with Crippen molar-refractivity contribution in [3.63, 3.8) is 0 Å². The van der Waals surface area contributed by atoms with E-state index in [4.69, 9.17) is 5.73 Å². The van der Waals surface area contributed by atoms with Crippen molar-refractivity contribution < 1.29 is 0 Å². The van der Waals surface area contributed by atoms with Crippen LogP contribution in [0.5, 0.6) is 0 Å². The van der Waals surface area contributed by atoms with Crippen LogP contribution in [0.3, 0.4) is 0 Å². The summed E-state index contributed by atoms with van der Waals surface area (Å²) < 4.78 is 0. The van der Waals surface area contributed by atoms with Crippen LogP contribution in [0, 0.1) is 0 Å². The highest BCUT2D eigenvalue weighted by Crippen LogP contribution is 1.81. The number of imidazole rings is 1. The van der Waals surface area contributed by atoms with Crippen LogP contribution in [-0.4, -0.2) is 9.97 Å². The van der Waals surface area contributed by atoms with Crippen LogP contribution in [0.4, 0.5) is 5.95 Å². The molecule has 3 N–H and O–H groups in total. The average Bonchev–Trinajstić information content (AvgIpc) is 1.86. The van der Waals surface area contributed by atoms with Gasteiger partial charge in [-0.2, -0.15) is 0 Å². The van der Waals surface area contributed by atoms with Crippen molar-refractivity contribution in [1.82, 2.24) is 9.97 Å². The number of nitrogens with one attached hydrogen (secondary N) is 1. The third-order valence-electron chi connectivity index (χ3n) is 0.519. The van der Waals surface area contributed by atoms with Gasteiger partial charge >= 0.3 is 0 Å². The Bertz CT molecular complexity index is 116. The largest absolute Gasteiger partial charge is 0.369 e. The van der Waals surface area contributed by atoms with E-state index in [2.05, 4.69) is 9.97 Å². The molecule has 1 rings (SSSR count). The van der Waals surface area contributed by atoms with Crippen LogP contribution in [0.1, 0.15) is 0 Å². The van der Waals surface area contributed by atoms with E-state index in [0.717, 1.165) is 0 Å². The minimum atomic E-state index is 0. The number of nitrogen functional groups attached to an aromatic ring is 1. The van der Waals surface area contributed by atoms with Crippen LogP contribution in [0.15, 0.2) is 12.4 Å². The summed E-state index contributed by atoms with van der Waals surface area (Å²) in [4.78, 5) is 6.31. The predicted octanol–water partition coefficient (Wildman–Crippen LogP) is 0.835. The molecule has 0 radical (unpaired) electrons. The van der Waals surface area contributed by atoms with Gasteiger partial charge in [-0.25, -0.2) is 4.98 Å². The maximum atomic E-state index is 5.11. The van der Waals surface area contributed by atoms with E-state index < -0.39 is 0 Å². The maximum Gasteiger partial charge on any atom is 0.197 e. The second-order valence-electron chi connectivity index (χ2n) is 0.974. The molecule has 48 valence electrons. The topological polar surface area (TPSA) is 54.7 Å². The molecule has 3 nitrogen and oxygen atoms in total. The number of rotatable bonds is 0. The average molecular weight is 156 g/mol. The van der Waals surface area contributed by atoms with E-state index in [-0.39, 0.29) is 24.8 Å². The van der Waals surface area contributed by atoms with E-state index >= 15 is 0 Å². The van der Waals surface area contributed by atoms with E-state index in [1.165, 1.54) is 0 Å². The highest BCUT2D eigenvalue weighted by molar-refractivity contribution is 5.85. The molecule has 0 saturated carbocycles. The summed E-state index contributed by atoms with van der Waals surface area (Å²) in [5.41, 5.74) is 5.11. The molecule has 1 aromatic heterocycles. The zero-order valence-electron chi connectivity index (χ0n) is 4.00. The molecule has 0 spiro atoms. The molecule has 0 aromatic carbocycles. The fourth-order valence-corrected chi connectivity index (χ4v) is 0.277. The summed E-state index contributed by atoms with van der Waals surface area (Å²) >= 11 is 0. The lowest BCUT2D eigenvalue weighted by Gasteiger charge is -1.70. The zero-order valence-corrected chi connectivity index (χ0v) is 5.63. The maximum absolute atomic E-state index is 5.11. The van der Waals surface area contributed by atoms with Crippen LogP contribution in [0.25, 0.3) is 0 Å². The Balaban J connectivity index is 0. The van der Waals surface area contributed by atoms with E-state index in [1.54, 1.807) is 12.4 Å². The minimum absolute atomic E-state index is 0. The normalized spacial score (nSPS) is 6.50. The van der Waals surface area contributed by atoms with Gasteiger partial charge in [0.2, 0.25) is 0 Å². The van der Waals surface area contributed by atoms with Crippen LogP contribution < -0.4 is 5.73 Å². The van der Waals surface area contributed by atoms with Crippen LogP contribution >= 0.6 is 24.8 Å². The lowest BCUT2D eigenvalue weighted by Crippen LogP contribution is -1.83. The number of hydrogen-bond acceptors (Lipinski definition) is 2. The van der Waals surface area contributed by atoms with Gasteiger partial charge in [0.15, 0.2) is 5.95 Å². The molecule has 0 aliphatic heterocycles. The molecule has 5 heteroatoms. The molecule has 0 unspecified atom stereocenters. The van der Waals surface area contributed by atoms with Crippen molar-refractivity contribution >= 4 is 30.8 Å². The molecule has 0 saturated heterocycles. The lowest BCUT2D eigenvalue weighted by molar-refractivity contribution is 1.33. The summed E-state index contributed by atoms with van der Waals surface area (Å²) in [6.07, 6.45) is 3.28. The van der Waals surface area contributed by atoms with E-state index in [1.807, 2.05) is 0 Å². The summed E-state index contributed by atoms with van der Waals surface area (Å²) in [6.45, 7) is 0. The second kappa shape index (κ2) is 4.74. The van der Waals surface area contributed by atoms with Crippen molar-refractivity contribution in [2.75, 3.05) is 5.73 Å². The van der Waals surface area contributed by atoms with Gasteiger partial charge in [-0.15, -0.1) is 24.8 Å². The Morgan fingerprint density at radius 1 is 1.50 bits per heavy atom. The van der Waals surface area contributed by atoms with Crippen molar-refractivity contribution in [3.8, 4) is 0 Å². The monoisotopic (exact) mass is 155 g/mol. The van der Waals surface area contributed by atoms with Gasteiger partial charge in [-0.3, -0.25) is 0 Å². The Labute approximate surface area is 59.5 Å². The summed E-state index contributed by atoms with van der Waals surface area (Å²) in [6, 6.07) is 0. The molecule has 0 aliphatic rings. The number of aromatic amines is 1. The Hall–Kier alpha value is -0.410. The smallest absolute Gasteiger partial charge is 0.197 e. The fourth-order valence-electron chi connectivity index (χ4n) is 0.277. The third-order valence-corrected chi connectivity index (χ3v) is 0.519. The molecular formula is C3H7Cl2N3. The Kier molecular flexibility index (Phi) is 6.25. The van der Waals surface area contributed by atoms with E-state index in [9.17, 15) is 0 Å². The number of hydrogen-bond donors (Lipinski definition) is 2. The first kappa shape index (κ1) is 10.5. The Morgan fingerprint density at radius 3 is 2.25 bits per heavy atom. The van der Waals surface area contributed by atoms with Crippen LogP contribution in [-0.2, 0) is 0 Å². The van der Waals surface area contributed by atoms with Gasteiger partial charge in [-0.1, -0.05) is 0 Å². The number of aromatic nitrogens is 2. The van der Waals surface area contributed by atoms with Crippen molar-refractivity contribution in [2.24, 2.45) is 0 Å². The number of anilines is 1. The van der Waals surface area contributed by atoms with Gasteiger partial charge in [0.25, 0.3) is 0 Å². The van der Waals surface area contributed by atoms with Crippen molar-refractivity contribution in [1.29, 1.82) is 0 Å². The molecule has 0 bridgehead atoms. The van der Waals surface area contributed by atoms with Gasteiger partial charge in [0.05, 0.1) is 0 Å². The quantitative estimate of drug-likeness (QED) is 0.584. The van der Waals surface area contributed by atoms with Gasteiger partial charge in [-0.05, 0) is 0 Å². The second-order valence-corrected chi connectivity index (χ2v) is 0.974. The Morgan fingerprint density at radius 2 is 2.12 bits per heavy atom. The van der Waals surface area contributed by atoms with Crippen molar-refractivity contribution in [3.05, 3.63) is 12.4 Å². The molecule has 0 fully saturated rings. The first-order valence-electron chi connectivity index (χ1n) is 1.64.